The molecular weight excluding hydrogens is 547 g/mol. The standard InChI is InChI=1S/C19H20F4N6S.HI/c1-2-24-18(26-11-17-27-16(12-30-17)19(21,22)23)25-9-7-14-8-10-29(28-14)15-5-3-13(20)4-6-15;/h3-6,8,10,12H,2,7,9,11H2,1H3,(H2,24,25,26);1H. The largest absolute Gasteiger partial charge is 0.434 e. The second-order valence-electron chi connectivity index (χ2n) is 6.22. The van der Waals surface area contributed by atoms with E-state index in [2.05, 4.69) is 25.7 Å². The summed E-state index contributed by atoms with van der Waals surface area (Å²) in [4.78, 5) is 7.86. The van der Waals surface area contributed by atoms with Gasteiger partial charge in [0, 0.05) is 31.1 Å². The van der Waals surface area contributed by atoms with Gasteiger partial charge in [-0.1, -0.05) is 0 Å². The van der Waals surface area contributed by atoms with E-state index in [1.165, 1.54) is 12.1 Å². The third-order valence-electron chi connectivity index (χ3n) is 3.97. The minimum absolute atomic E-state index is 0. The van der Waals surface area contributed by atoms with E-state index in [0.717, 1.165) is 28.1 Å². The van der Waals surface area contributed by atoms with E-state index < -0.39 is 11.9 Å². The van der Waals surface area contributed by atoms with Crippen molar-refractivity contribution < 1.29 is 17.6 Å². The number of aromatic nitrogens is 3. The lowest BCUT2D eigenvalue weighted by Crippen LogP contribution is -2.38. The Hall–Kier alpha value is -2.22. The Labute approximate surface area is 197 Å². The predicted molar refractivity (Wildman–Crippen MR) is 123 cm³/mol. The Morgan fingerprint density at radius 1 is 1.16 bits per heavy atom. The summed E-state index contributed by atoms with van der Waals surface area (Å²) in [6.07, 6.45) is -2.05. The number of nitrogens with zero attached hydrogens (tertiary/aromatic N) is 4. The monoisotopic (exact) mass is 568 g/mol. The highest BCUT2D eigenvalue weighted by atomic mass is 127. The topological polar surface area (TPSA) is 67.1 Å². The summed E-state index contributed by atoms with van der Waals surface area (Å²) in [5.41, 5.74) is 0.692. The second-order valence-corrected chi connectivity index (χ2v) is 7.17. The summed E-state index contributed by atoms with van der Waals surface area (Å²) in [6, 6.07) is 7.89. The summed E-state index contributed by atoms with van der Waals surface area (Å²) < 4.78 is 52.6. The number of benzene rings is 1. The highest BCUT2D eigenvalue weighted by Crippen LogP contribution is 2.30. The van der Waals surface area contributed by atoms with Gasteiger partial charge in [-0.2, -0.15) is 18.3 Å². The average molecular weight is 568 g/mol. The van der Waals surface area contributed by atoms with Gasteiger partial charge in [0.25, 0.3) is 0 Å². The molecule has 0 fully saturated rings. The maximum absolute atomic E-state index is 13.0. The van der Waals surface area contributed by atoms with Gasteiger partial charge in [-0.25, -0.2) is 19.0 Å². The molecule has 0 atom stereocenters. The van der Waals surface area contributed by atoms with Crippen LogP contribution in [0.3, 0.4) is 0 Å². The molecule has 2 N–H and O–H groups in total. The van der Waals surface area contributed by atoms with Crippen molar-refractivity contribution in [2.24, 2.45) is 4.99 Å². The van der Waals surface area contributed by atoms with Crippen molar-refractivity contribution in [3.05, 3.63) is 64.1 Å². The van der Waals surface area contributed by atoms with E-state index in [-0.39, 0.29) is 41.3 Å². The molecule has 3 aromatic rings. The van der Waals surface area contributed by atoms with Crippen molar-refractivity contribution in [1.82, 2.24) is 25.4 Å². The van der Waals surface area contributed by atoms with Crippen LogP contribution in [0.25, 0.3) is 5.69 Å². The Bertz CT molecular complexity index is 984. The summed E-state index contributed by atoms with van der Waals surface area (Å²) in [7, 11) is 0. The molecule has 0 aliphatic rings. The van der Waals surface area contributed by atoms with Crippen molar-refractivity contribution >= 4 is 41.3 Å². The molecule has 0 unspecified atom stereocenters. The van der Waals surface area contributed by atoms with Crippen LogP contribution in [0.15, 0.2) is 46.9 Å². The zero-order valence-electron chi connectivity index (χ0n) is 16.5. The molecule has 0 spiro atoms. The number of thiazole rings is 1. The predicted octanol–water partition coefficient (Wildman–Crippen LogP) is 4.40. The molecule has 0 aliphatic heterocycles. The van der Waals surface area contributed by atoms with Crippen LogP contribution in [-0.4, -0.2) is 33.8 Å². The number of hydrogen-bond donors (Lipinski definition) is 2. The van der Waals surface area contributed by atoms with Crippen LogP contribution < -0.4 is 10.6 Å². The van der Waals surface area contributed by atoms with Crippen LogP contribution in [0.5, 0.6) is 0 Å². The van der Waals surface area contributed by atoms with Gasteiger partial charge in [0.15, 0.2) is 11.7 Å². The van der Waals surface area contributed by atoms with Crippen LogP contribution in [0.4, 0.5) is 17.6 Å². The molecule has 12 heteroatoms. The van der Waals surface area contributed by atoms with Crippen molar-refractivity contribution in [1.29, 1.82) is 0 Å². The quantitative estimate of drug-likeness (QED) is 0.192. The summed E-state index contributed by atoms with van der Waals surface area (Å²) in [5, 5.41) is 11.9. The van der Waals surface area contributed by atoms with Gasteiger partial charge in [0.05, 0.1) is 17.9 Å². The molecule has 0 amide bonds. The molecular formula is C19H21F4IN6S. The SMILES string of the molecule is CCNC(=NCc1nc(C(F)(F)F)cs1)NCCc1ccn(-c2ccc(F)cc2)n1.I. The number of alkyl halides is 3. The molecule has 0 saturated heterocycles. The first-order valence-electron chi connectivity index (χ1n) is 9.19. The number of nitrogens with one attached hydrogen (secondary N) is 2. The second kappa shape index (κ2) is 11.4. The maximum atomic E-state index is 13.0. The smallest absolute Gasteiger partial charge is 0.357 e. The van der Waals surface area contributed by atoms with Gasteiger partial charge in [-0.05, 0) is 37.3 Å². The van der Waals surface area contributed by atoms with Gasteiger partial charge in [0.2, 0.25) is 0 Å². The van der Waals surface area contributed by atoms with E-state index in [0.29, 0.717) is 25.5 Å². The first-order valence-corrected chi connectivity index (χ1v) is 10.1. The minimum Gasteiger partial charge on any atom is -0.357 e. The first-order chi connectivity index (χ1) is 14.3. The molecule has 0 aliphatic carbocycles. The molecule has 6 nitrogen and oxygen atoms in total. The third kappa shape index (κ3) is 7.45. The highest BCUT2D eigenvalue weighted by Gasteiger charge is 2.33. The van der Waals surface area contributed by atoms with Crippen LogP contribution in [-0.2, 0) is 19.1 Å². The summed E-state index contributed by atoms with van der Waals surface area (Å²) in [6.45, 7) is 3.08. The van der Waals surface area contributed by atoms with Gasteiger partial charge >= 0.3 is 6.18 Å². The van der Waals surface area contributed by atoms with Crippen LogP contribution in [0, 0.1) is 5.82 Å². The van der Waals surface area contributed by atoms with Gasteiger partial charge in [-0.15, -0.1) is 35.3 Å². The molecule has 2 heterocycles. The van der Waals surface area contributed by atoms with E-state index in [1.54, 1.807) is 23.0 Å². The highest BCUT2D eigenvalue weighted by molar-refractivity contribution is 14.0. The fraction of sp³-hybridized carbons (Fsp3) is 0.316. The van der Waals surface area contributed by atoms with Crippen molar-refractivity contribution in [3.63, 3.8) is 0 Å². The molecule has 1 aromatic carbocycles. The summed E-state index contributed by atoms with van der Waals surface area (Å²) >= 11 is 0.929. The van der Waals surface area contributed by atoms with Gasteiger partial charge in [0.1, 0.15) is 10.8 Å². The molecule has 0 bridgehead atoms. The van der Waals surface area contributed by atoms with Crippen molar-refractivity contribution in [3.8, 4) is 5.69 Å². The van der Waals surface area contributed by atoms with E-state index >= 15 is 0 Å². The van der Waals surface area contributed by atoms with Gasteiger partial charge < -0.3 is 10.6 Å². The average Bonchev–Trinajstić information content (AvgIpc) is 3.36. The lowest BCUT2D eigenvalue weighted by molar-refractivity contribution is -0.140. The molecule has 168 valence electrons. The van der Waals surface area contributed by atoms with Gasteiger partial charge in [-0.3, -0.25) is 0 Å². The number of aliphatic imine (C=N–C) groups is 1. The fourth-order valence-corrected chi connectivity index (χ4v) is 3.27. The van der Waals surface area contributed by atoms with E-state index in [4.69, 9.17) is 0 Å². The van der Waals surface area contributed by atoms with Crippen molar-refractivity contribution in [2.45, 2.75) is 26.1 Å². The third-order valence-corrected chi connectivity index (χ3v) is 4.80. The first kappa shape index (κ1) is 25.0. The number of rotatable bonds is 7. The number of hydrogen-bond acceptors (Lipinski definition) is 4. The molecule has 31 heavy (non-hydrogen) atoms. The Morgan fingerprint density at radius 3 is 2.55 bits per heavy atom. The van der Waals surface area contributed by atoms with Crippen LogP contribution in [0.1, 0.15) is 23.3 Å². The molecule has 2 aromatic heterocycles. The number of halogens is 5. The minimum atomic E-state index is -4.45. The Kier molecular flexibility index (Phi) is 9.22. The van der Waals surface area contributed by atoms with Crippen molar-refractivity contribution in [2.75, 3.05) is 13.1 Å². The zero-order chi connectivity index (χ0) is 21.6. The number of guanidine groups is 1. The maximum Gasteiger partial charge on any atom is 0.434 e. The summed E-state index contributed by atoms with van der Waals surface area (Å²) in [5.74, 6) is 0.178. The molecule has 0 saturated carbocycles. The zero-order valence-corrected chi connectivity index (χ0v) is 19.6. The lowest BCUT2D eigenvalue weighted by Gasteiger charge is -2.10. The molecule has 3 rings (SSSR count). The van der Waals surface area contributed by atoms with Crippen LogP contribution >= 0.6 is 35.3 Å². The molecule has 0 radical (unpaired) electrons. The van der Waals surface area contributed by atoms with Crippen LogP contribution in [0.2, 0.25) is 0 Å². The normalized spacial score (nSPS) is 11.8. The van der Waals surface area contributed by atoms with E-state index in [1.807, 2.05) is 13.0 Å². The van der Waals surface area contributed by atoms with E-state index in [9.17, 15) is 17.6 Å². The lowest BCUT2D eigenvalue weighted by atomic mass is 10.3. The fourth-order valence-electron chi connectivity index (χ4n) is 2.54. The Morgan fingerprint density at radius 2 is 1.90 bits per heavy atom. The Balaban J connectivity index is 0.00000341.